The van der Waals surface area contributed by atoms with E-state index in [0.717, 1.165) is 12.6 Å². The Hall–Kier alpha value is -0.380. The maximum Gasteiger partial charge on any atom is 0.0330 e. The van der Waals surface area contributed by atoms with Crippen molar-refractivity contribution in [3.63, 3.8) is 0 Å². The molecule has 1 aromatic rings. The molecule has 102 valence electrons. The van der Waals surface area contributed by atoms with Gasteiger partial charge in [0.2, 0.25) is 0 Å². The van der Waals surface area contributed by atoms with Crippen LogP contribution in [0.1, 0.15) is 42.9 Å². The standard InChI is InChI=1S/C15H26N2S/c1-4-8-16-14-7-9-17(12(2)10-14)11-15-6-5-13(3)18-15/h5-6,12,14,16H,4,7-11H2,1-3H3. The van der Waals surface area contributed by atoms with Gasteiger partial charge in [-0.2, -0.15) is 0 Å². The second-order valence-electron chi connectivity index (χ2n) is 5.51. The van der Waals surface area contributed by atoms with Gasteiger partial charge in [0, 0.05) is 34.9 Å². The number of likely N-dealkylation sites (tertiary alicyclic amines) is 1. The van der Waals surface area contributed by atoms with Crippen LogP contribution in [0.4, 0.5) is 0 Å². The molecule has 1 fully saturated rings. The number of piperidine rings is 1. The molecule has 1 aromatic heterocycles. The normalized spacial score (nSPS) is 25.5. The van der Waals surface area contributed by atoms with Crippen LogP contribution in [0.3, 0.4) is 0 Å². The van der Waals surface area contributed by atoms with E-state index in [9.17, 15) is 0 Å². The summed E-state index contributed by atoms with van der Waals surface area (Å²) in [7, 11) is 0. The fourth-order valence-corrected chi connectivity index (χ4v) is 3.68. The molecule has 0 aromatic carbocycles. The first kappa shape index (κ1) is 14.0. The van der Waals surface area contributed by atoms with Gasteiger partial charge >= 0.3 is 0 Å². The molecule has 2 nitrogen and oxygen atoms in total. The zero-order valence-corrected chi connectivity index (χ0v) is 12.7. The summed E-state index contributed by atoms with van der Waals surface area (Å²) in [4.78, 5) is 5.58. The lowest BCUT2D eigenvalue weighted by Crippen LogP contribution is -2.47. The minimum Gasteiger partial charge on any atom is -0.314 e. The van der Waals surface area contributed by atoms with Crippen molar-refractivity contribution in [1.29, 1.82) is 0 Å². The Morgan fingerprint density at radius 2 is 2.28 bits per heavy atom. The fourth-order valence-electron chi connectivity index (χ4n) is 2.76. The third-order valence-corrected chi connectivity index (χ3v) is 4.84. The molecule has 18 heavy (non-hydrogen) atoms. The molecule has 2 rings (SSSR count). The highest BCUT2D eigenvalue weighted by Crippen LogP contribution is 2.23. The predicted octanol–water partition coefficient (Wildman–Crippen LogP) is 3.41. The van der Waals surface area contributed by atoms with Gasteiger partial charge in [-0.25, -0.2) is 0 Å². The summed E-state index contributed by atoms with van der Waals surface area (Å²) < 4.78 is 0. The molecule has 1 aliphatic heterocycles. The first-order chi connectivity index (χ1) is 8.69. The largest absolute Gasteiger partial charge is 0.314 e. The predicted molar refractivity (Wildman–Crippen MR) is 80.2 cm³/mol. The Labute approximate surface area is 115 Å². The fraction of sp³-hybridized carbons (Fsp3) is 0.733. The second-order valence-corrected chi connectivity index (χ2v) is 6.88. The van der Waals surface area contributed by atoms with E-state index in [1.807, 2.05) is 11.3 Å². The molecule has 0 aliphatic carbocycles. The van der Waals surface area contributed by atoms with Gasteiger partial charge in [-0.05, 0) is 51.8 Å². The van der Waals surface area contributed by atoms with E-state index >= 15 is 0 Å². The second kappa shape index (κ2) is 6.69. The molecule has 1 aliphatic rings. The van der Waals surface area contributed by atoms with E-state index in [1.165, 1.54) is 42.1 Å². The molecule has 0 saturated carbocycles. The summed E-state index contributed by atoms with van der Waals surface area (Å²) in [5.74, 6) is 0. The highest BCUT2D eigenvalue weighted by Gasteiger charge is 2.24. The molecule has 2 unspecified atom stereocenters. The van der Waals surface area contributed by atoms with Crippen molar-refractivity contribution in [3.05, 3.63) is 21.9 Å². The number of hydrogen-bond donors (Lipinski definition) is 1. The van der Waals surface area contributed by atoms with Crippen LogP contribution >= 0.6 is 11.3 Å². The molecule has 3 heteroatoms. The summed E-state index contributed by atoms with van der Waals surface area (Å²) in [6.45, 7) is 10.4. The first-order valence-electron chi connectivity index (χ1n) is 7.21. The van der Waals surface area contributed by atoms with Gasteiger partial charge in [0.05, 0.1) is 0 Å². The summed E-state index contributed by atoms with van der Waals surface area (Å²) in [6, 6.07) is 5.96. The zero-order chi connectivity index (χ0) is 13.0. The van der Waals surface area contributed by atoms with Crippen molar-refractivity contribution < 1.29 is 0 Å². The van der Waals surface area contributed by atoms with E-state index in [4.69, 9.17) is 0 Å². The smallest absolute Gasteiger partial charge is 0.0330 e. The van der Waals surface area contributed by atoms with Crippen molar-refractivity contribution in [1.82, 2.24) is 10.2 Å². The molecule has 0 radical (unpaired) electrons. The van der Waals surface area contributed by atoms with Crippen molar-refractivity contribution in [3.8, 4) is 0 Å². The SMILES string of the molecule is CCCNC1CCN(Cc2ccc(C)s2)C(C)C1. The molecular weight excluding hydrogens is 240 g/mol. The quantitative estimate of drug-likeness (QED) is 0.878. The van der Waals surface area contributed by atoms with E-state index in [2.05, 4.69) is 43.1 Å². The van der Waals surface area contributed by atoms with E-state index in [-0.39, 0.29) is 0 Å². The van der Waals surface area contributed by atoms with Crippen LogP contribution in [0.15, 0.2) is 12.1 Å². The average Bonchev–Trinajstić information content (AvgIpc) is 2.75. The van der Waals surface area contributed by atoms with Crippen LogP contribution in [-0.2, 0) is 6.54 Å². The molecule has 2 atom stereocenters. The number of nitrogens with zero attached hydrogens (tertiary/aromatic N) is 1. The van der Waals surface area contributed by atoms with Gasteiger partial charge in [0.1, 0.15) is 0 Å². The van der Waals surface area contributed by atoms with Gasteiger partial charge in [-0.3, -0.25) is 4.90 Å². The van der Waals surface area contributed by atoms with Gasteiger partial charge < -0.3 is 5.32 Å². The lowest BCUT2D eigenvalue weighted by atomic mass is 9.98. The maximum atomic E-state index is 3.67. The van der Waals surface area contributed by atoms with Crippen LogP contribution in [0.5, 0.6) is 0 Å². The summed E-state index contributed by atoms with van der Waals surface area (Å²) in [5.41, 5.74) is 0. The van der Waals surface area contributed by atoms with Gasteiger partial charge in [-0.15, -0.1) is 11.3 Å². The van der Waals surface area contributed by atoms with Gasteiger partial charge in [0.25, 0.3) is 0 Å². The van der Waals surface area contributed by atoms with Crippen molar-refractivity contribution >= 4 is 11.3 Å². The Balaban J connectivity index is 1.82. The zero-order valence-electron chi connectivity index (χ0n) is 11.9. The molecule has 1 N–H and O–H groups in total. The topological polar surface area (TPSA) is 15.3 Å². The Morgan fingerprint density at radius 1 is 1.44 bits per heavy atom. The molecule has 0 bridgehead atoms. The molecule has 2 heterocycles. The summed E-state index contributed by atoms with van der Waals surface area (Å²) in [6.07, 6.45) is 3.84. The number of rotatable bonds is 5. The number of hydrogen-bond acceptors (Lipinski definition) is 3. The summed E-state index contributed by atoms with van der Waals surface area (Å²) in [5, 5.41) is 3.67. The van der Waals surface area contributed by atoms with Crippen LogP contribution in [-0.4, -0.2) is 30.1 Å². The number of thiophene rings is 1. The Kier molecular flexibility index (Phi) is 5.22. The maximum absolute atomic E-state index is 3.67. The third kappa shape index (κ3) is 3.81. The van der Waals surface area contributed by atoms with E-state index in [0.29, 0.717) is 6.04 Å². The number of nitrogens with one attached hydrogen (secondary N) is 1. The van der Waals surface area contributed by atoms with Crippen LogP contribution in [0, 0.1) is 6.92 Å². The van der Waals surface area contributed by atoms with Crippen LogP contribution in [0.25, 0.3) is 0 Å². The lowest BCUT2D eigenvalue weighted by molar-refractivity contribution is 0.130. The van der Waals surface area contributed by atoms with Gasteiger partial charge in [0.15, 0.2) is 0 Å². The third-order valence-electron chi connectivity index (χ3n) is 3.85. The van der Waals surface area contributed by atoms with E-state index < -0.39 is 0 Å². The lowest BCUT2D eigenvalue weighted by Gasteiger charge is -2.37. The minimum absolute atomic E-state index is 0.704. The van der Waals surface area contributed by atoms with Crippen LogP contribution in [0.2, 0.25) is 0 Å². The molecule has 1 saturated heterocycles. The molecular formula is C15H26N2S. The van der Waals surface area contributed by atoms with Crippen molar-refractivity contribution in [2.24, 2.45) is 0 Å². The minimum atomic E-state index is 0.704. The highest BCUT2D eigenvalue weighted by atomic mass is 32.1. The average molecular weight is 266 g/mol. The van der Waals surface area contributed by atoms with Crippen molar-refractivity contribution in [2.75, 3.05) is 13.1 Å². The van der Waals surface area contributed by atoms with Crippen LogP contribution < -0.4 is 5.32 Å². The molecule has 0 spiro atoms. The highest BCUT2D eigenvalue weighted by molar-refractivity contribution is 7.11. The summed E-state index contributed by atoms with van der Waals surface area (Å²) >= 11 is 1.94. The Bertz CT molecular complexity index is 361. The van der Waals surface area contributed by atoms with Crippen molar-refractivity contribution in [2.45, 2.75) is 58.7 Å². The van der Waals surface area contributed by atoms with E-state index in [1.54, 1.807) is 0 Å². The molecule has 0 amide bonds. The Morgan fingerprint density at radius 3 is 2.89 bits per heavy atom. The number of aryl methyl sites for hydroxylation is 1. The van der Waals surface area contributed by atoms with Gasteiger partial charge in [-0.1, -0.05) is 6.92 Å². The monoisotopic (exact) mass is 266 g/mol. The first-order valence-corrected chi connectivity index (χ1v) is 8.03.